The zero-order chi connectivity index (χ0) is 12.7. The predicted octanol–water partition coefficient (Wildman–Crippen LogP) is 3.95. The minimum atomic E-state index is 0.677. The van der Waals surface area contributed by atoms with Crippen LogP contribution in [-0.4, -0.2) is 6.72 Å². The molecule has 2 heteroatoms. The lowest BCUT2D eigenvalue weighted by Gasteiger charge is -2.10. The number of para-hydroxylation sites is 1. The Hall–Kier alpha value is -2.09. The fourth-order valence-electron chi connectivity index (χ4n) is 1.44. The molecule has 17 heavy (non-hydrogen) atoms. The number of nitrogens with zero attached hydrogens (tertiary/aromatic N) is 1. The maximum atomic E-state index is 3.94. The van der Waals surface area contributed by atoms with Crippen molar-refractivity contribution in [1.29, 1.82) is 0 Å². The summed E-state index contributed by atoms with van der Waals surface area (Å²) in [5, 5.41) is 3.24. The summed E-state index contributed by atoms with van der Waals surface area (Å²) in [5.41, 5.74) is 3.09. The Morgan fingerprint density at radius 2 is 2.12 bits per heavy atom. The van der Waals surface area contributed by atoms with Crippen LogP contribution in [0.5, 0.6) is 0 Å². The molecule has 0 heterocycles. The van der Waals surface area contributed by atoms with Crippen molar-refractivity contribution in [3.63, 3.8) is 0 Å². The van der Waals surface area contributed by atoms with Gasteiger partial charge < -0.3 is 5.32 Å². The van der Waals surface area contributed by atoms with Gasteiger partial charge in [0.15, 0.2) is 0 Å². The molecule has 88 valence electrons. The van der Waals surface area contributed by atoms with E-state index in [0.717, 1.165) is 17.7 Å². The second-order valence-electron chi connectivity index (χ2n) is 3.60. The van der Waals surface area contributed by atoms with Crippen LogP contribution in [0.1, 0.15) is 12.5 Å². The van der Waals surface area contributed by atoms with Crippen LogP contribution in [0.25, 0.3) is 0 Å². The Labute approximate surface area is 103 Å². The molecule has 0 aliphatic carbocycles. The molecule has 0 spiro atoms. The lowest BCUT2D eigenvalue weighted by Crippen LogP contribution is -2.00. The van der Waals surface area contributed by atoms with Gasteiger partial charge in [0.1, 0.15) is 5.82 Å². The molecule has 1 rings (SSSR count). The largest absolute Gasteiger partial charge is 0.340 e. The number of allylic oxidation sites excluding steroid dienone is 3. The van der Waals surface area contributed by atoms with Gasteiger partial charge in [0.25, 0.3) is 0 Å². The van der Waals surface area contributed by atoms with E-state index >= 15 is 0 Å². The van der Waals surface area contributed by atoms with Crippen LogP contribution in [0.3, 0.4) is 0 Å². The van der Waals surface area contributed by atoms with Crippen LogP contribution in [0.15, 0.2) is 66.0 Å². The third-order valence-electron chi connectivity index (χ3n) is 2.42. The van der Waals surface area contributed by atoms with E-state index in [-0.39, 0.29) is 0 Å². The van der Waals surface area contributed by atoms with E-state index in [0.29, 0.717) is 5.82 Å². The van der Waals surface area contributed by atoms with Crippen molar-refractivity contribution in [3.05, 3.63) is 66.5 Å². The van der Waals surface area contributed by atoms with Crippen molar-refractivity contribution < 1.29 is 0 Å². The van der Waals surface area contributed by atoms with Crippen LogP contribution in [0.4, 0.5) is 5.69 Å². The van der Waals surface area contributed by atoms with Gasteiger partial charge >= 0.3 is 0 Å². The van der Waals surface area contributed by atoms with Gasteiger partial charge in [-0.05, 0) is 36.4 Å². The first-order chi connectivity index (χ1) is 8.21. The van der Waals surface area contributed by atoms with Crippen LogP contribution < -0.4 is 5.32 Å². The van der Waals surface area contributed by atoms with Gasteiger partial charge in [-0.15, -0.1) is 0 Å². The fourth-order valence-corrected chi connectivity index (χ4v) is 1.44. The minimum absolute atomic E-state index is 0.677. The summed E-state index contributed by atoms with van der Waals surface area (Å²) in [4.78, 5) is 3.94. The van der Waals surface area contributed by atoms with Crippen molar-refractivity contribution in [2.75, 3.05) is 5.32 Å². The van der Waals surface area contributed by atoms with Crippen molar-refractivity contribution >= 4 is 12.4 Å². The van der Waals surface area contributed by atoms with Crippen molar-refractivity contribution in [2.24, 2.45) is 4.99 Å². The second kappa shape index (κ2) is 6.48. The highest BCUT2D eigenvalue weighted by Gasteiger charge is 2.00. The van der Waals surface area contributed by atoms with Gasteiger partial charge in [0, 0.05) is 5.69 Å². The first-order valence-electron chi connectivity index (χ1n) is 5.56. The zero-order valence-corrected chi connectivity index (χ0v) is 10.2. The average molecular weight is 226 g/mol. The molecule has 0 aromatic heterocycles. The van der Waals surface area contributed by atoms with Gasteiger partial charge in [0.2, 0.25) is 0 Å². The smallest absolute Gasteiger partial charge is 0.130 e. The lowest BCUT2D eigenvalue weighted by atomic mass is 10.1. The quantitative estimate of drug-likeness (QED) is 0.576. The summed E-state index contributed by atoms with van der Waals surface area (Å²) in [7, 11) is 0. The van der Waals surface area contributed by atoms with Crippen molar-refractivity contribution in [1.82, 2.24) is 0 Å². The van der Waals surface area contributed by atoms with Gasteiger partial charge in [-0.3, -0.25) is 0 Å². The number of rotatable bonds is 6. The Bertz CT molecular complexity index is 456. The van der Waals surface area contributed by atoms with E-state index in [9.17, 15) is 0 Å². The van der Waals surface area contributed by atoms with Crippen LogP contribution in [0, 0.1) is 0 Å². The summed E-state index contributed by atoms with van der Waals surface area (Å²) in [6.07, 6.45) is 4.46. The number of aliphatic imine (C=N–C) groups is 1. The summed E-state index contributed by atoms with van der Waals surface area (Å²) in [6, 6.07) is 8.13. The number of hydrogen-bond acceptors (Lipinski definition) is 2. The number of hydrogen-bond donors (Lipinski definition) is 1. The number of aryl methyl sites for hydroxylation is 1. The number of nitrogens with one attached hydrogen (secondary N) is 1. The van der Waals surface area contributed by atoms with E-state index in [2.05, 4.69) is 43.2 Å². The maximum Gasteiger partial charge on any atom is 0.130 e. The summed E-state index contributed by atoms with van der Waals surface area (Å²) in [6.45, 7) is 13.1. The molecule has 2 nitrogen and oxygen atoms in total. The molecular formula is C15H18N2. The monoisotopic (exact) mass is 226 g/mol. The summed E-state index contributed by atoms with van der Waals surface area (Å²) < 4.78 is 0. The number of benzene rings is 1. The standard InChI is InChI=1S/C15H18N2/c1-5-12(3)11-15(16-4)17-14-10-8-7-9-13(14)6-2/h5,7-11,17H,1,3-4,6H2,2H3/b15-11+. The van der Waals surface area contributed by atoms with Crippen LogP contribution in [-0.2, 0) is 6.42 Å². The first-order valence-corrected chi connectivity index (χ1v) is 5.56. The maximum absolute atomic E-state index is 3.94. The van der Waals surface area contributed by atoms with Crippen LogP contribution >= 0.6 is 0 Å². The highest BCUT2D eigenvalue weighted by atomic mass is 15.0. The lowest BCUT2D eigenvalue weighted by molar-refractivity contribution is 1.13. The fraction of sp³-hybridized carbons (Fsp3) is 0.133. The minimum Gasteiger partial charge on any atom is -0.340 e. The Morgan fingerprint density at radius 3 is 2.71 bits per heavy atom. The molecule has 0 radical (unpaired) electrons. The van der Waals surface area contributed by atoms with Gasteiger partial charge in [-0.25, -0.2) is 4.99 Å². The van der Waals surface area contributed by atoms with E-state index < -0.39 is 0 Å². The molecule has 1 aromatic carbocycles. The summed E-state index contributed by atoms with van der Waals surface area (Å²) >= 11 is 0. The third kappa shape index (κ3) is 3.76. The third-order valence-corrected chi connectivity index (χ3v) is 2.42. The molecule has 0 amide bonds. The normalized spacial score (nSPS) is 10.8. The molecule has 0 unspecified atom stereocenters. The van der Waals surface area contributed by atoms with Gasteiger partial charge in [-0.2, -0.15) is 0 Å². The summed E-state index contributed by atoms with van der Waals surface area (Å²) in [5.74, 6) is 0.677. The highest BCUT2D eigenvalue weighted by molar-refractivity contribution is 5.56. The van der Waals surface area contributed by atoms with E-state index in [1.165, 1.54) is 5.56 Å². The molecule has 1 N–H and O–H groups in total. The molecule has 0 fully saturated rings. The number of anilines is 1. The van der Waals surface area contributed by atoms with Crippen molar-refractivity contribution in [2.45, 2.75) is 13.3 Å². The first kappa shape index (κ1) is 13.0. The van der Waals surface area contributed by atoms with Gasteiger partial charge in [-0.1, -0.05) is 44.4 Å². The van der Waals surface area contributed by atoms with Crippen molar-refractivity contribution in [3.8, 4) is 0 Å². The van der Waals surface area contributed by atoms with E-state index in [1.54, 1.807) is 6.08 Å². The molecule has 0 bridgehead atoms. The average Bonchev–Trinajstić information content (AvgIpc) is 2.38. The van der Waals surface area contributed by atoms with Crippen LogP contribution in [0.2, 0.25) is 0 Å². The second-order valence-corrected chi connectivity index (χ2v) is 3.60. The zero-order valence-electron chi connectivity index (χ0n) is 10.2. The molecular weight excluding hydrogens is 208 g/mol. The molecule has 0 saturated carbocycles. The molecule has 0 aliphatic heterocycles. The van der Waals surface area contributed by atoms with E-state index in [4.69, 9.17) is 0 Å². The highest BCUT2D eigenvalue weighted by Crippen LogP contribution is 2.18. The Balaban J connectivity index is 2.95. The molecule has 0 atom stereocenters. The molecule has 1 aromatic rings. The predicted molar refractivity (Wildman–Crippen MR) is 76.4 cm³/mol. The Morgan fingerprint density at radius 1 is 1.41 bits per heavy atom. The topological polar surface area (TPSA) is 24.4 Å². The molecule has 0 saturated heterocycles. The van der Waals surface area contributed by atoms with E-state index in [1.807, 2.05) is 24.3 Å². The van der Waals surface area contributed by atoms with Gasteiger partial charge in [0.05, 0.1) is 0 Å². The molecule has 0 aliphatic rings. The SMILES string of the molecule is C=CC(=C)/C=C(\N=C)Nc1ccccc1CC. The Kier molecular flexibility index (Phi) is 4.95.